The number of hydrogen-bond acceptors (Lipinski definition) is 5. The SMILES string of the molecule is N#C/C(=C\c1cc(I)c(O)c(I)c1)C(=O)c1cccc([N+](=O)[O-])c1. The number of aromatic hydroxyl groups is 1. The first-order valence-corrected chi connectivity index (χ1v) is 8.58. The van der Waals surface area contributed by atoms with Crippen LogP contribution in [0.2, 0.25) is 0 Å². The summed E-state index contributed by atoms with van der Waals surface area (Å²) in [5, 5.41) is 29.8. The van der Waals surface area contributed by atoms with Gasteiger partial charge in [-0.25, -0.2) is 0 Å². The Balaban J connectivity index is 2.45. The third-order valence-electron chi connectivity index (χ3n) is 3.03. The average Bonchev–Trinajstić information content (AvgIpc) is 2.56. The zero-order valence-corrected chi connectivity index (χ0v) is 16.2. The molecule has 0 amide bonds. The van der Waals surface area contributed by atoms with Crippen LogP contribution in [-0.4, -0.2) is 15.8 Å². The van der Waals surface area contributed by atoms with Crippen molar-refractivity contribution in [2.45, 2.75) is 0 Å². The van der Waals surface area contributed by atoms with E-state index in [1.54, 1.807) is 12.1 Å². The van der Waals surface area contributed by atoms with Gasteiger partial charge in [0.1, 0.15) is 17.4 Å². The lowest BCUT2D eigenvalue weighted by atomic mass is 10.0. The van der Waals surface area contributed by atoms with Crippen LogP contribution in [0.25, 0.3) is 6.08 Å². The number of carbonyl (C=O) groups is 1. The Kier molecular flexibility index (Phi) is 5.89. The number of nitro groups is 1. The van der Waals surface area contributed by atoms with Crippen molar-refractivity contribution in [1.82, 2.24) is 0 Å². The molecule has 0 aliphatic rings. The molecular weight excluding hydrogens is 538 g/mol. The van der Waals surface area contributed by atoms with Crippen molar-refractivity contribution in [2.24, 2.45) is 0 Å². The number of nitriles is 1. The van der Waals surface area contributed by atoms with Gasteiger partial charge in [0, 0.05) is 17.7 Å². The monoisotopic (exact) mass is 546 g/mol. The Labute approximate surface area is 164 Å². The fraction of sp³-hybridized carbons (Fsp3) is 0. The summed E-state index contributed by atoms with van der Waals surface area (Å²) >= 11 is 3.90. The number of nitrogens with zero attached hydrogens (tertiary/aromatic N) is 2. The molecule has 0 spiro atoms. The van der Waals surface area contributed by atoms with Gasteiger partial charge in [0.25, 0.3) is 5.69 Å². The van der Waals surface area contributed by atoms with E-state index in [1.165, 1.54) is 24.3 Å². The first-order chi connectivity index (χ1) is 11.3. The van der Waals surface area contributed by atoms with E-state index in [0.29, 0.717) is 12.7 Å². The van der Waals surface area contributed by atoms with Gasteiger partial charge in [-0.3, -0.25) is 14.9 Å². The van der Waals surface area contributed by atoms with E-state index in [-0.39, 0.29) is 22.6 Å². The van der Waals surface area contributed by atoms with E-state index in [4.69, 9.17) is 0 Å². The van der Waals surface area contributed by atoms with Crippen LogP contribution in [0.15, 0.2) is 42.0 Å². The molecule has 1 N–H and O–H groups in total. The fourth-order valence-corrected chi connectivity index (χ4v) is 3.72. The molecule has 0 unspecified atom stereocenters. The molecule has 0 aliphatic heterocycles. The van der Waals surface area contributed by atoms with Crippen LogP contribution < -0.4 is 0 Å². The molecule has 0 bridgehead atoms. The van der Waals surface area contributed by atoms with E-state index >= 15 is 0 Å². The van der Waals surface area contributed by atoms with E-state index in [9.17, 15) is 25.3 Å². The highest BCUT2D eigenvalue weighted by Gasteiger charge is 2.16. The predicted molar refractivity (Wildman–Crippen MR) is 105 cm³/mol. The average molecular weight is 546 g/mol. The predicted octanol–water partition coefficient (Wildman–Crippen LogP) is 4.30. The number of phenolic OH excluding ortho intramolecular Hbond substituents is 1. The van der Waals surface area contributed by atoms with Crippen LogP contribution in [-0.2, 0) is 0 Å². The molecule has 0 radical (unpaired) electrons. The number of benzene rings is 2. The molecule has 24 heavy (non-hydrogen) atoms. The van der Waals surface area contributed by atoms with Gasteiger partial charge in [-0.1, -0.05) is 12.1 Å². The smallest absolute Gasteiger partial charge is 0.270 e. The Morgan fingerprint density at radius 1 is 1.25 bits per heavy atom. The van der Waals surface area contributed by atoms with Gasteiger partial charge < -0.3 is 5.11 Å². The highest BCUT2D eigenvalue weighted by atomic mass is 127. The Morgan fingerprint density at radius 3 is 2.42 bits per heavy atom. The molecule has 0 fully saturated rings. The third kappa shape index (κ3) is 4.09. The van der Waals surface area contributed by atoms with E-state index < -0.39 is 10.7 Å². The summed E-state index contributed by atoms with van der Waals surface area (Å²) in [6.07, 6.45) is 1.39. The highest BCUT2D eigenvalue weighted by Crippen LogP contribution is 2.28. The minimum Gasteiger partial charge on any atom is -0.506 e. The first-order valence-electron chi connectivity index (χ1n) is 6.42. The molecule has 6 nitrogen and oxygen atoms in total. The van der Waals surface area contributed by atoms with Gasteiger partial charge in [0.05, 0.1) is 12.1 Å². The lowest BCUT2D eigenvalue weighted by Crippen LogP contribution is -2.03. The molecule has 2 rings (SSSR count). The Bertz CT molecular complexity index is 894. The topological polar surface area (TPSA) is 104 Å². The number of non-ortho nitro benzene ring substituents is 1. The van der Waals surface area contributed by atoms with Gasteiger partial charge in [-0.2, -0.15) is 5.26 Å². The highest BCUT2D eigenvalue weighted by molar-refractivity contribution is 14.1. The lowest BCUT2D eigenvalue weighted by molar-refractivity contribution is -0.384. The second kappa shape index (κ2) is 7.71. The van der Waals surface area contributed by atoms with Crippen LogP contribution in [0.5, 0.6) is 5.75 Å². The van der Waals surface area contributed by atoms with E-state index in [0.717, 1.165) is 6.07 Å². The molecule has 0 heterocycles. The summed E-state index contributed by atoms with van der Waals surface area (Å²) in [7, 11) is 0. The number of nitro benzene ring substituents is 1. The molecule has 0 aliphatic carbocycles. The van der Waals surface area contributed by atoms with E-state index in [1.807, 2.05) is 51.3 Å². The summed E-state index contributed by atoms with van der Waals surface area (Å²) < 4.78 is 1.18. The largest absolute Gasteiger partial charge is 0.506 e. The van der Waals surface area contributed by atoms with Gasteiger partial charge in [0.15, 0.2) is 0 Å². The minimum absolute atomic E-state index is 0.0696. The third-order valence-corrected chi connectivity index (χ3v) is 4.68. The van der Waals surface area contributed by atoms with Crippen LogP contribution in [0.1, 0.15) is 15.9 Å². The van der Waals surface area contributed by atoms with Gasteiger partial charge in [-0.15, -0.1) is 0 Å². The normalized spacial score (nSPS) is 11.0. The zero-order valence-electron chi connectivity index (χ0n) is 11.9. The first kappa shape index (κ1) is 18.3. The molecule has 0 aromatic heterocycles. The molecule has 0 saturated carbocycles. The Hall–Kier alpha value is -2.00. The number of ketones is 1. The number of Topliss-reactive ketones (excluding diaryl/α,β-unsaturated/α-hetero) is 1. The molecule has 2 aromatic rings. The molecule has 120 valence electrons. The minimum atomic E-state index is -0.600. The number of phenols is 1. The summed E-state index contributed by atoms with van der Waals surface area (Å²) in [4.78, 5) is 22.6. The quantitative estimate of drug-likeness (QED) is 0.154. The van der Waals surface area contributed by atoms with Gasteiger partial charge >= 0.3 is 0 Å². The number of halogens is 2. The summed E-state index contributed by atoms with van der Waals surface area (Å²) in [5.74, 6) is -0.462. The summed E-state index contributed by atoms with van der Waals surface area (Å²) in [5.41, 5.74) is 0.289. The number of rotatable bonds is 4. The Morgan fingerprint density at radius 2 is 1.88 bits per heavy atom. The maximum Gasteiger partial charge on any atom is 0.270 e. The molecule has 2 aromatic carbocycles. The van der Waals surface area contributed by atoms with Gasteiger partial charge in [0.2, 0.25) is 5.78 Å². The second-order valence-corrected chi connectivity index (χ2v) is 6.96. The fourth-order valence-electron chi connectivity index (χ4n) is 1.90. The van der Waals surface area contributed by atoms with Crippen molar-refractivity contribution in [3.63, 3.8) is 0 Å². The van der Waals surface area contributed by atoms with Crippen molar-refractivity contribution in [3.8, 4) is 11.8 Å². The van der Waals surface area contributed by atoms with Crippen molar-refractivity contribution < 1.29 is 14.8 Å². The number of hydrogen-bond donors (Lipinski definition) is 1. The van der Waals surface area contributed by atoms with Crippen LogP contribution in [0, 0.1) is 28.6 Å². The van der Waals surface area contributed by atoms with Gasteiger partial charge in [-0.05, 0) is 69.0 Å². The number of allylic oxidation sites excluding steroid dienone is 1. The van der Waals surface area contributed by atoms with Crippen molar-refractivity contribution in [3.05, 3.63) is 70.4 Å². The molecular formula is C16H8I2N2O4. The van der Waals surface area contributed by atoms with Crippen LogP contribution in [0.4, 0.5) is 5.69 Å². The van der Waals surface area contributed by atoms with Crippen LogP contribution in [0.3, 0.4) is 0 Å². The lowest BCUT2D eigenvalue weighted by Gasteiger charge is -2.04. The molecule has 0 saturated heterocycles. The molecule has 8 heteroatoms. The molecule has 0 atom stereocenters. The van der Waals surface area contributed by atoms with Crippen molar-refractivity contribution >= 4 is 62.7 Å². The van der Waals surface area contributed by atoms with E-state index in [2.05, 4.69) is 0 Å². The zero-order chi connectivity index (χ0) is 17.9. The summed E-state index contributed by atoms with van der Waals surface area (Å²) in [6.45, 7) is 0. The maximum atomic E-state index is 12.4. The summed E-state index contributed by atoms with van der Waals surface area (Å²) in [6, 6.07) is 10.3. The van der Waals surface area contributed by atoms with Crippen LogP contribution >= 0.6 is 45.2 Å². The maximum absolute atomic E-state index is 12.4. The van der Waals surface area contributed by atoms with Crippen molar-refractivity contribution in [2.75, 3.05) is 0 Å². The van der Waals surface area contributed by atoms with Crippen molar-refractivity contribution in [1.29, 1.82) is 5.26 Å². The second-order valence-electron chi connectivity index (χ2n) is 4.64. The standard InChI is InChI=1S/C16H8I2N2O4/c17-13-5-9(6-14(18)16(13)22)4-11(8-19)15(21)10-2-1-3-12(7-10)20(23)24/h1-7,22H/b11-4+. The number of carbonyl (C=O) groups excluding carboxylic acids is 1.